The van der Waals surface area contributed by atoms with Crippen molar-refractivity contribution in [2.75, 3.05) is 12.4 Å². The van der Waals surface area contributed by atoms with Gasteiger partial charge in [-0.3, -0.25) is 10.6 Å². The van der Waals surface area contributed by atoms with Gasteiger partial charge in [0.15, 0.2) is 17.5 Å². The predicted molar refractivity (Wildman–Crippen MR) is 147 cm³/mol. The minimum absolute atomic E-state index is 0.0410. The van der Waals surface area contributed by atoms with Crippen LogP contribution in [0.5, 0.6) is 5.75 Å². The van der Waals surface area contributed by atoms with Crippen LogP contribution in [0.2, 0.25) is 0 Å². The van der Waals surface area contributed by atoms with Crippen LogP contribution in [0.15, 0.2) is 113 Å². The van der Waals surface area contributed by atoms with Crippen molar-refractivity contribution in [3.05, 3.63) is 113 Å². The number of benzene rings is 3. The highest BCUT2D eigenvalue weighted by atomic mass is 35.7. The van der Waals surface area contributed by atoms with Gasteiger partial charge in [-0.05, 0) is 36.4 Å². The fraction of sp³-hybridized carbons (Fsp3) is 0.0385. The molecule has 0 spiro atoms. The number of ether oxygens (including phenoxy) is 1. The first-order chi connectivity index (χ1) is 19.1. The third-order valence-corrected chi connectivity index (χ3v) is 10.1. The molecule has 40 heavy (non-hydrogen) atoms. The Bertz CT molecular complexity index is 1300. The molecule has 1 heterocycles. The van der Waals surface area contributed by atoms with E-state index in [-0.39, 0.29) is 10.4 Å². The first-order valence-electron chi connectivity index (χ1n) is 11.2. The smallest absolute Gasteiger partial charge is 0.328 e. The van der Waals surface area contributed by atoms with Crippen LogP contribution in [-0.2, 0) is 0 Å². The number of methoxy groups -OCH3 is 1. The Morgan fingerprint density at radius 2 is 1.20 bits per heavy atom. The SMILES string of the molecule is COc1cnc(NC(=O)NC(=C(Cl)Cl)[P+](c2ccccc2)(c2ccccc2)c2ccccc2)nc1.[O-][Cl+3]([O-])([O-])O. The van der Waals surface area contributed by atoms with E-state index in [1.54, 1.807) is 0 Å². The van der Waals surface area contributed by atoms with Crippen LogP contribution in [0.4, 0.5) is 10.7 Å². The monoisotopic (exact) mass is 623 g/mol. The highest BCUT2D eigenvalue weighted by Gasteiger charge is 2.52. The second-order valence-corrected chi connectivity index (χ2v) is 12.8. The van der Waals surface area contributed by atoms with E-state index in [1.165, 1.54) is 19.5 Å². The Morgan fingerprint density at radius 1 is 0.825 bits per heavy atom. The standard InChI is InChI=1S/C26H21Cl2N4O2P.ClHO4/c1-34-19-17-29-25(30-18-19)32-26(33)31-24(23(27)28)35(20-11-5-2-6-12-20,21-13-7-3-8-14-21)22-15-9-4-10-16-22;2-1(3,4)5/h2-18H,1H3,(H-,29,30,31,32,33);(H,2,3,4,5)/p+1. The summed E-state index contributed by atoms with van der Waals surface area (Å²) in [5.74, 6) is 0.582. The molecule has 0 aliphatic heterocycles. The number of carbonyl (C=O) groups excluding carboxylic acids is 1. The minimum atomic E-state index is -4.69. The molecule has 0 atom stereocenters. The van der Waals surface area contributed by atoms with Crippen LogP contribution in [0.1, 0.15) is 0 Å². The van der Waals surface area contributed by atoms with Crippen molar-refractivity contribution >= 4 is 58.4 Å². The van der Waals surface area contributed by atoms with Gasteiger partial charge < -0.3 is 4.74 Å². The zero-order valence-corrected chi connectivity index (χ0v) is 23.9. The maximum absolute atomic E-state index is 13.2. The first-order valence-corrected chi connectivity index (χ1v) is 15.1. The van der Waals surface area contributed by atoms with Crippen LogP contribution < -0.4 is 45.3 Å². The molecule has 0 aliphatic carbocycles. The Labute approximate surface area is 243 Å². The number of halogens is 3. The molecule has 3 N–H and O–H groups in total. The lowest BCUT2D eigenvalue weighted by molar-refractivity contribution is -1.92. The highest BCUT2D eigenvalue weighted by Crippen LogP contribution is 2.63. The number of urea groups is 1. The summed E-state index contributed by atoms with van der Waals surface area (Å²) < 4.78 is 37.8. The quantitative estimate of drug-likeness (QED) is 0.257. The molecular formula is C26H23Cl3N4O6P+. The summed E-state index contributed by atoms with van der Waals surface area (Å²) in [4.78, 5) is 21.3. The topological polar surface area (TPSA) is 166 Å². The van der Waals surface area contributed by atoms with E-state index in [1.807, 2.05) is 91.0 Å². The van der Waals surface area contributed by atoms with Gasteiger partial charge in [-0.15, -0.1) is 0 Å². The van der Waals surface area contributed by atoms with E-state index in [0.29, 0.717) is 11.2 Å². The molecule has 1 aromatic heterocycles. The number of hydrogen-bond donors (Lipinski definition) is 3. The van der Waals surface area contributed by atoms with E-state index in [4.69, 9.17) is 46.6 Å². The van der Waals surface area contributed by atoms with E-state index in [0.717, 1.165) is 15.9 Å². The zero-order chi connectivity index (χ0) is 29.2. The van der Waals surface area contributed by atoms with Crippen molar-refractivity contribution in [3.63, 3.8) is 0 Å². The Balaban J connectivity index is 0.000000810. The summed E-state index contributed by atoms with van der Waals surface area (Å²) in [6.45, 7) is 0. The molecular weight excluding hydrogens is 602 g/mol. The van der Waals surface area contributed by atoms with Gasteiger partial charge in [-0.2, -0.15) is 14.0 Å². The van der Waals surface area contributed by atoms with E-state index in [2.05, 4.69) is 20.6 Å². The summed E-state index contributed by atoms with van der Waals surface area (Å²) in [5, 5.41) is 8.51. The lowest BCUT2D eigenvalue weighted by Crippen LogP contribution is -2.58. The molecule has 208 valence electrons. The normalized spacial score (nSPS) is 11.0. The van der Waals surface area contributed by atoms with Crippen LogP contribution in [0.25, 0.3) is 0 Å². The van der Waals surface area contributed by atoms with E-state index >= 15 is 0 Å². The Hall–Kier alpha value is -3.31. The van der Waals surface area contributed by atoms with Gasteiger partial charge in [0, 0.05) is 0 Å². The van der Waals surface area contributed by atoms with E-state index in [9.17, 15) is 4.79 Å². The van der Waals surface area contributed by atoms with Gasteiger partial charge in [0.2, 0.25) is 11.4 Å². The molecule has 0 saturated carbocycles. The molecule has 0 aliphatic rings. The number of rotatable bonds is 7. The lowest BCUT2D eigenvalue weighted by atomic mass is 10.4. The molecule has 0 unspecified atom stereocenters. The largest absolute Gasteiger partial charge is 0.494 e. The van der Waals surface area contributed by atoms with Crippen molar-refractivity contribution in [2.24, 2.45) is 0 Å². The first kappa shape index (κ1) is 31.2. The van der Waals surface area contributed by atoms with Gasteiger partial charge in [-0.25, -0.2) is 14.8 Å². The summed E-state index contributed by atoms with van der Waals surface area (Å²) >= 11 is 13.1. The summed E-state index contributed by atoms with van der Waals surface area (Å²) in [6, 6.07) is 29.2. The summed E-state index contributed by atoms with van der Waals surface area (Å²) in [6.07, 6.45) is 2.92. The fourth-order valence-electron chi connectivity index (χ4n) is 3.77. The van der Waals surface area contributed by atoms with Crippen LogP contribution in [-0.4, -0.2) is 27.8 Å². The van der Waals surface area contributed by atoms with Gasteiger partial charge in [0.05, 0.1) is 34.4 Å². The highest BCUT2D eigenvalue weighted by molar-refractivity contribution is 7.99. The fourth-order valence-corrected chi connectivity index (χ4v) is 8.68. The molecule has 3 aromatic carbocycles. The van der Waals surface area contributed by atoms with Gasteiger partial charge in [0.25, 0.3) is 0 Å². The van der Waals surface area contributed by atoms with Crippen molar-refractivity contribution in [2.45, 2.75) is 0 Å². The molecule has 0 saturated heterocycles. The van der Waals surface area contributed by atoms with Crippen molar-refractivity contribution in [1.82, 2.24) is 15.3 Å². The van der Waals surface area contributed by atoms with Gasteiger partial charge in [0.1, 0.15) is 15.9 Å². The van der Waals surface area contributed by atoms with Crippen LogP contribution in [0, 0.1) is 10.2 Å². The summed E-state index contributed by atoms with van der Waals surface area (Å²) in [5.41, 5.74) is 0.399. The Morgan fingerprint density at radius 3 is 1.52 bits per heavy atom. The van der Waals surface area contributed by atoms with Crippen molar-refractivity contribution < 1.29 is 38.4 Å². The number of nitrogens with zero attached hydrogens (tertiary/aromatic N) is 2. The molecule has 0 bridgehead atoms. The summed E-state index contributed by atoms with van der Waals surface area (Å²) in [7, 11) is -5.89. The predicted octanol–water partition coefficient (Wildman–Crippen LogP) is 1.08. The zero-order valence-electron chi connectivity index (χ0n) is 20.8. The molecule has 14 heteroatoms. The third kappa shape index (κ3) is 8.34. The molecule has 0 fully saturated rings. The van der Waals surface area contributed by atoms with Crippen molar-refractivity contribution in [1.29, 1.82) is 0 Å². The molecule has 4 aromatic rings. The number of carbonyl (C=O) groups is 1. The average molecular weight is 625 g/mol. The number of nitrogens with one attached hydrogen (secondary N) is 2. The lowest BCUT2D eigenvalue weighted by Gasteiger charge is -2.29. The van der Waals surface area contributed by atoms with Gasteiger partial charge >= 0.3 is 6.03 Å². The minimum Gasteiger partial charge on any atom is -0.494 e. The van der Waals surface area contributed by atoms with E-state index < -0.39 is 23.5 Å². The number of amides is 2. The van der Waals surface area contributed by atoms with Gasteiger partial charge in [-0.1, -0.05) is 77.8 Å². The van der Waals surface area contributed by atoms with Crippen LogP contribution in [0.3, 0.4) is 0 Å². The second kappa shape index (κ2) is 14.4. The average Bonchev–Trinajstić information content (AvgIpc) is 2.94. The molecule has 4 rings (SSSR count). The molecule has 0 radical (unpaired) electrons. The van der Waals surface area contributed by atoms with Crippen molar-refractivity contribution in [3.8, 4) is 5.75 Å². The van der Waals surface area contributed by atoms with Crippen LogP contribution >= 0.6 is 30.5 Å². The number of hydrogen-bond acceptors (Lipinski definition) is 8. The second-order valence-electron chi connectivity index (χ2n) is 7.71. The Kier molecular flexibility index (Phi) is 11.2. The third-order valence-electron chi connectivity index (χ3n) is 5.27. The maximum atomic E-state index is 13.2. The number of aromatic nitrogens is 2. The number of anilines is 1. The molecule has 2 amide bonds. The molecule has 10 nitrogen and oxygen atoms in total. The maximum Gasteiger partial charge on any atom is 0.328 e.